The summed E-state index contributed by atoms with van der Waals surface area (Å²) in [6, 6.07) is 0.0833. The summed E-state index contributed by atoms with van der Waals surface area (Å²) in [7, 11) is 0. The number of carbonyl (C=O) groups excluding carboxylic acids is 2. The fourth-order valence-electron chi connectivity index (χ4n) is 0.669. The monoisotopic (exact) mass is 145 g/mol. The van der Waals surface area contributed by atoms with Gasteiger partial charge in [-0.25, -0.2) is 0 Å². The molecule has 1 aliphatic heterocycles. The van der Waals surface area contributed by atoms with Gasteiger partial charge in [-0.15, -0.1) is 0 Å². The summed E-state index contributed by atoms with van der Waals surface area (Å²) < 4.78 is 0. The van der Waals surface area contributed by atoms with Crippen molar-refractivity contribution in [3.63, 3.8) is 0 Å². The number of nitrogens with one attached hydrogen (secondary N) is 1. The largest absolute Gasteiger partial charge is 0.343 e. The summed E-state index contributed by atoms with van der Waals surface area (Å²) in [4.78, 5) is 20.4. The number of rotatable bonds is 2. The molecule has 0 aliphatic carbocycles. The molecule has 4 heteroatoms. The van der Waals surface area contributed by atoms with Crippen molar-refractivity contribution < 1.29 is 9.59 Å². The first kappa shape index (κ1) is 6.61. The van der Waals surface area contributed by atoms with E-state index in [1.807, 2.05) is 0 Å². The van der Waals surface area contributed by atoms with E-state index < -0.39 is 0 Å². The van der Waals surface area contributed by atoms with Gasteiger partial charge >= 0.3 is 0 Å². The van der Waals surface area contributed by atoms with E-state index in [-0.39, 0.29) is 11.3 Å². The maximum absolute atomic E-state index is 10.5. The van der Waals surface area contributed by atoms with Gasteiger partial charge in [0.05, 0.1) is 0 Å². The van der Waals surface area contributed by atoms with Crippen LogP contribution in [0.2, 0.25) is 0 Å². The molecule has 9 heavy (non-hydrogen) atoms. The first-order valence-corrected chi connectivity index (χ1v) is 3.68. The molecule has 1 N–H and O–H groups in total. The molecule has 1 unspecified atom stereocenters. The third-order valence-electron chi connectivity index (χ3n) is 1.12. The second kappa shape index (κ2) is 2.87. The summed E-state index contributed by atoms with van der Waals surface area (Å²) in [6.45, 7) is 0. The molecule has 1 saturated heterocycles. The van der Waals surface area contributed by atoms with Crippen LogP contribution in [-0.4, -0.2) is 23.3 Å². The van der Waals surface area contributed by atoms with Crippen molar-refractivity contribution in [3.05, 3.63) is 0 Å². The lowest BCUT2D eigenvalue weighted by molar-refractivity contribution is -0.108. The highest BCUT2D eigenvalue weighted by Crippen LogP contribution is 2.13. The van der Waals surface area contributed by atoms with Gasteiger partial charge in [0.1, 0.15) is 6.29 Å². The van der Waals surface area contributed by atoms with Gasteiger partial charge in [0.15, 0.2) is 0 Å². The number of hydrogen-bond donors (Lipinski definition) is 1. The average molecular weight is 145 g/mol. The first-order valence-electron chi connectivity index (χ1n) is 2.70. The van der Waals surface area contributed by atoms with Crippen LogP contribution in [-0.2, 0) is 4.79 Å². The highest BCUT2D eigenvalue weighted by molar-refractivity contribution is 8.13. The van der Waals surface area contributed by atoms with Gasteiger partial charge in [-0.05, 0) is 0 Å². The van der Waals surface area contributed by atoms with Crippen LogP contribution in [0.5, 0.6) is 0 Å². The Kier molecular flexibility index (Phi) is 2.10. The zero-order chi connectivity index (χ0) is 6.69. The van der Waals surface area contributed by atoms with Crippen LogP contribution in [0.3, 0.4) is 0 Å². The molecule has 1 rings (SSSR count). The number of aldehydes is 1. The summed E-state index contributed by atoms with van der Waals surface area (Å²) in [5.41, 5.74) is 0. The van der Waals surface area contributed by atoms with E-state index in [1.165, 1.54) is 11.8 Å². The molecular weight excluding hydrogens is 138 g/mol. The van der Waals surface area contributed by atoms with Crippen molar-refractivity contribution in [2.75, 3.05) is 5.75 Å². The van der Waals surface area contributed by atoms with Crippen molar-refractivity contribution in [1.29, 1.82) is 0 Å². The van der Waals surface area contributed by atoms with Crippen molar-refractivity contribution in [1.82, 2.24) is 5.32 Å². The van der Waals surface area contributed by atoms with Crippen LogP contribution in [0.1, 0.15) is 6.42 Å². The second-order valence-electron chi connectivity index (χ2n) is 1.84. The molecule has 0 aromatic rings. The molecule has 0 aromatic heterocycles. The third-order valence-corrected chi connectivity index (χ3v) is 2.07. The van der Waals surface area contributed by atoms with Gasteiger partial charge in [-0.1, -0.05) is 11.8 Å². The molecule has 1 heterocycles. The second-order valence-corrected chi connectivity index (χ2v) is 2.83. The standard InChI is InChI=1S/C5H7NO2S/c7-2-1-4-3-9-5(8)6-4/h2,4H,1,3H2,(H,6,8). The van der Waals surface area contributed by atoms with Crippen LogP contribution in [0.15, 0.2) is 0 Å². The van der Waals surface area contributed by atoms with Crippen LogP contribution in [0, 0.1) is 0 Å². The van der Waals surface area contributed by atoms with E-state index in [0.717, 1.165) is 12.0 Å². The minimum atomic E-state index is -0.0122. The molecule has 1 amide bonds. The Bertz CT molecular complexity index is 137. The van der Waals surface area contributed by atoms with Gasteiger partial charge in [0.2, 0.25) is 0 Å². The molecule has 1 fully saturated rings. The fourth-order valence-corrected chi connectivity index (χ4v) is 1.49. The lowest BCUT2D eigenvalue weighted by atomic mass is 10.3. The molecule has 50 valence electrons. The summed E-state index contributed by atoms with van der Waals surface area (Å²) in [5.74, 6) is 0.734. The smallest absolute Gasteiger partial charge is 0.279 e. The van der Waals surface area contributed by atoms with Crippen molar-refractivity contribution in [2.24, 2.45) is 0 Å². The minimum absolute atomic E-state index is 0.0122. The van der Waals surface area contributed by atoms with Crippen molar-refractivity contribution in [3.8, 4) is 0 Å². The van der Waals surface area contributed by atoms with Crippen molar-refractivity contribution >= 4 is 23.3 Å². The Labute approximate surface area is 57.2 Å². The lowest BCUT2D eigenvalue weighted by Gasteiger charge is -2.00. The lowest BCUT2D eigenvalue weighted by Crippen LogP contribution is -2.25. The topological polar surface area (TPSA) is 46.2 Å². The molecule has 1 atom stereocenters. The SMILES string of the molecule is O=CCC1CSC(=O)N1. The van der Waals surface area contributed by atoms with Crippen LogP contribution >= 0.6 is 11.8 Å². The highest BCUT2D eigenvalue weighted by atomic mass is 32.2. The van der Waals surface area contributed by atoms with Gasteiger partial charge < -0.3 is 10.1 Å². The maximum Gasteiger partial charge on any atom is 0.279 e. The first-order chi connectivity index (χ1) is 4.33. The van der Waals surface area contributed by atoms with E-state index in [0.29, 0.717) is 6.42 Å². The molecular formula is C5H7NO2S. The number of carbonyl (C=O) groups is 2. The molecule has 0 radical (unpaired) electrons. The molecule has 0 bridgehead atoms. The third kappa shape index (κ3) is 1.71. The number of amides is 1. The van der Waals surface area contributed by atoms with E-state index in [9.17, 15) is 9.59 Å². The Hall–Kier alpha value is -0.510. The summed E-state index contributed by atoms with van der Waals surface area (Å²) >= 11 is 1.24. The average Bonchev–Trinajstić information content (AvgIpc) is 2.17. The zero-order valence-corrected chi connectivity index (χ0v) is 5.61. The highest BCUT2D eigenvalue weighted by Gasteiger charge is 2.20. The molecule has 0 saturated carbocycles. The Morgan fingerprint density at radius 1 is 1.89 bits per heavy atom. The Morgan fingerprint density at radius 2 is 2.67 bits per heavy atom. The molecule has 0 spiro atoms. The predicted molar refractivity (Wildman–Crippen MR) is 35.5 cm³/mol. The van der Waals surface area contributed by atoms with Crippen LogP contribution in [0.25, 0.3) is 0 Å². The normalized spacial score (nSPS) is 25.8. The Balaban J connectivity index is 2.29. The van der Waals surface area contributed by atoms with Gasteiger partial charge in [-0.3, -0.25) is 4.79 Å². The number of thioether (sulfide) groups is 1. The summed E-state index contributed by atoms with van der Waals surface area (Å²) in [6.07, 6.45) is 1.27. The Morgan fingerprint density at radius 3 is 3.11 bits per heavy atom. The van der Waals surface area contributed by atoms with E-state index in [2.05, 4.69) is 5.32 Å². The molecule has 0 aromatic carbocycles. The van der Waals surface area contributed by atoms with E-state index >= 15 is 0 Å². The fraction of sp³-hybridized carbons (Fsp3) is 0.600. The maximum atomic E-state index is 10.5. The molecule has 1 aliphatic rings. The quantitative estimate of drug-likeness (QED) is 0.572. The predicted octanol–water partition coefficient (Wildman–Crippen LogP) is 0.400. The van der Waals surface area contributed by atoms with E-state index in [1.54, 1.807) is 0 Å². The van der Waals surface area contributed by atoms with Gasteiger partial charge in [0.25, 0.3) is 5.24 Å². The van der Waals surface area contributed by atoms with Crippen LogP contribution < -0.4 is 5.32 Å². The van der Waals surface area contributed by atoms with Crippen LogP contribution in [0.4, 0.5) is 4.79 Å². The number of hydrogen-bond acceptors (Lipinski definition) is 3. The zero-order valence-electron chi connectivity index (χ0n) is 4.79. The van der Waals surface area contributed by atoms with Gasteiger partial charge in [-0.2, -0.15) is 0 Å². The summed E-state index contributed by atoms with van der Waals surface area (Å²) in [5, 5.41) is 2.64. The van der Waals surface area contributed by atoms with Gasteiger partial charge in [0, 0.05) is 18.2 Å². The van der Waals surface area contributed by atoms with E-state index in [4.69, 9.17) is 0 Å². The minimum Gasteiger partial charge on any atom is -0.343 e. The van der Waals surface area contributed by atoms with Crippen molar-refractivity contribution in [2.45, 2.75) is 12.5 Å². The molecule has 3 nitrogen and oxygen atoms in total.